The molecule has 0 fully saturated rings. The van der Waals surface area contributed by atoms with Gasteiger partial charge in [-0.3, -0.25) is 9.36 Å². The summed E-state index contributed by atoms with van der Waals surface area (Å²) in [6, 6.07) is 24.0. The normalized spacial score (nSPS) is 14.4. The first-order chi connectivity index (χ1) is 22.4. The molecule has 6 rings (SSSR count). The molecule has 1 atom stereocenters. The Bertz CT molecular complexity index is 2110. The molecule has 3 heterocycles. The predicted octanol–water partition coefficient (Wildman–Crippen LogP) is 5.22. The number of hydrogen-bond donors (Lipinski definition) is 0. The van der Waals surface area contributed by atoms with E-state index in [1.54, 1.807) is 35.4 Å². The molecule has 0 amide bonds. The molecular weight excluding hydrogens is 600 g/mol. The number of aromatic nitrogens is 3. The molecule has 0 saturated heterocycles. The smallest absolute Gasteiger partial charge is 0.338 e. The number of nitrogens with zero attached hydrogens (tertiary/aromatic N) is 4. The summed E-state index contributed by atoms with van der Waals surface area (Å²) in [5.41, 5.74) is 4.42. The van der Waals surface area contributed by atoms with Gasteiger partial charge in [-0.25, -0.2) is 14.5 Å². The Morgan fingerprint density at radius 3 is 2.41 bits per heavy atom. The summed E-state index contributed by atoms with van der Waals surface area (Å²) >= 11 is 1.26. The van der Waals surface area contributed by atoms with Crippen molar-refractivity contribution < 1.29 is 19.0 Å². The molecule has 46 heavy (non-hydrogen) atoms. The third-order valence-electron chi connectivity index (χ3n) is 7.49. The molecule has 0 bridgehead atoms. The van der Waals surface area contributed by atoms with Crippen molar-refractivity contribution in [2.24, 2.45) is 4.99 Å². The van der Waals surface area contributed by atoms with Crippen molar-refractivity contribution >= 4 is 23.4 Å². The Kier molecular flexibility index (Phi) is 8.80. The van der Waals surface area contributed by atoms with Crippen LogP contribution in [0.4, 0.5) is 0 Å². The summed E-state index contributed by atoms with van der Waals surface area (Å²) in [5.74, 6) is 0.864. The third-order valence-corrected chi connectivity index (χ3v) is 8.48. The first-order valence-electron chi connectivity index (χ1n) is 14.7. The lowest BCUT2D eigenvalue weighted by molar-refractivity contribution is -0.138. The Morgan fingerprint density at radius 1 is 1.02 bits per heavy atom. The van der Waals surface area contributed by atoms with E-state index in [4.69, 9.17) is 24.3 Å². The molecule has 5 aromatic rings. The first-order valence-corrected chi connectivity index (χ1v) is 15.6. The number of ether oxygens (including phenoxy) is 3. The van der Waals surface area contributed by atoms with Crippen LogP contribution in [0, 0.1) is 0 Å². The van der Waals surface area contributed by atoms with Gasteiger partial charge in [0.25, 0.3) is 5.56 Å². The van der Waals surface area contributed by atoms with Crippen LogP contribution >= 0.6 is 11.3 Å². The minimum absolute atomic E-state index is 0.0368. The average Bonchev–Trinajstić information content (AvgIpc) is 3.64. The molecule has 0 N–H and O–H groups in total. The number of hydrogen-bond acceptors (Lipinski definition) is 8. The number of allylic oxidation sites excluding steroid dienone is 1. The summed E-state index contributed by atoms with van der Waals surface area (Å²) in [4.78, 5) is 32.8. The van der Waals surface area contributed by atoms with Crippen molar-refractivity contribution in [3.63, 3.8) is 0 Å². The highest BCUT2D eigenvalue weighted by Crippen LogP contribution is 2.32. The SMILES string of the molecule is C=CCOC(=O)C1=C(C)N=c2sc(=Cc3cn(-c4ccccc4)nc3-c3ccc(OCC)cc3)c(=O)n2C1c1ccc(OC)cc1. The van der Waals surface area contributed by atoms with E-state index in [-0.39, 0.29) is 17.7 Å². The topological polar surface area (TPSA) is 96.9 Å². The molecule has 1 aliphatic rings. The van der Waals surface area contributed by atoms with E-state index < -0.39 is 12.0 Å². The molecule has 232 valence electrons. The maximum absolute atomic E-state index is 14.3. The lowest BCUT2D eigenvalue weighted by Gasteiger charge is -2.24. The highest BCUT2D eigenvalue weighted by atomic mass is 32.1. The Labute approximate surface area is 269 Å². The van der Waals surface area contributed by atoms with Crippen molar-refractivity contribution in [1.82, 2.24) is 14.3 Å². The van der Waals surface area contributed by atoms with Crippen LogP contribution in [0.25, 0.3) is 23.0 Å². The van der Waals surface area contributed by atoms with Gasteiger partial charge in [-0.05, 0) is 74.0 Å². The second-order valence-corrected chi connectivity index (χ2v) is 11.4. The summed E-state index contributed by atoms with van der Waals surface area (Å²) in [5, 5.41) is 4.92. The van der Waals surface area contributed by atoms with Crippen molar-refractivity contribution in [2.75, 3.05) is 20.3 Å². The van der Waals surface area contributed by atoms with Crippen LogP contribution in [0.5, 0.6) is 11.5 Å². The third kappa shape index (κ3) is 5.94. The van der Waals surface area contributed by atoms with Gasteiger partial charge in [0.05, 0.1) is 41.2 Å². The van der Waals surface area contributed by atoms with Crippen molar-refractivity contribution in [2.45, 2.75) is 19.9 Å². The van der Waals surface area contributed by atoms with Gasteiger partial charge in [-0.15, -0.1) is 0 Å². The van der Waals surface area contributed by atoms with Gasteiger partial charge in [0, 0.05) is 17.3 Å². The van der Waals surface area contributed by atoms with E-state index in [1.165, 1.54) is 17.4 Å². The van der Waals surface area contributed by atoms with Gasteiger partial charge in [-0.2, -0.15) is 5.10 Å². The molecule has 1 aliphatic heterocycles. The fourth-order valence-corrected chi connectivity index (χ4v) is 6.38. The van der Waals surface area contributed by atoms with E-state index in [9.17, 15) is 9.59 Å². The Balaban J connectivity index is 1.52. The van der Waals surface area contributed by atoms with Gasteiger partial charge < -0.3 is 14.2 Å². The van der Waals surface area contributed by atoms with E-state index >= 15 is 0 Å². The van der Waals surface area contributed by atoms with Crippen LogP contribution in [0.15, 0.2) is 119 Å². The average molecular weight is 633 g/mol. The largest absolute Gasteiger partial charge is 0.497 e. The fourth-order valence-electron chi connectivity index (χ4n) is 5.34. The molecule has 0 saturated carbocycles. The summed E-state index contributed by atoms with van der Waals surface area (Å²) in [6.07, 6.45) is 5.24. The lowest BCUT2D eigenvalue weighted by atomic mass is 9.96. The van der Waals surface area contributed by atoms with Crippen LogP contribution in [0.1, 0.15) is 31.0 Å². The zero-order valence-corrected chi connectivity index (χ0v) is 26.5. The zero-order valence-electron chi connectivity index (χ0n) is 25.7. The Hall–Kier alpha value is -5.48. The summed E-state index contributed by atoms with van der Waals surface area (Å²) in [6.45, 7) is 7.95. The van der Waals surface area contributed by atoms with Crippen molar-refractivity contribution in [3.05, 3.63) is 140 Å². The lowest BCUT2D eigenvalue weighted by Crippen LogP contribution is -2.39. The number of para-hydroxylation sites is 1. The van der Waals surface area contributed by atoms with Crippen LogP contribution in [-0.4, -0.2) is 40.6 Å². The van der Waals surface area contributed by atoms with Gasteiger partial charge in [0.15, 0.2) is 4.80 Å². The zero-order chi connectivity index (χ0) is 32.2. The summed E-state index contributed by atoms with van der Waals surface area (Å²) in [7, 11) is 1.59. The van der Waals surface area contributed by atoms with Crippen LogP contribution in [-0.2, 0) is 9.53 Å². The van der Waals surface area contributed by atoms with Crippen LogP contribution in [0.2, 0.25) is 0 Å². The van der Waals surface area contributed by atoms with Gasteiger partial charge in [0.1, 0.15) is 23.8 Å². The highest BCUT2D eigenvalue weighted by molar-refractivity contribution is 7.07. The molecule has 0 spiro atoms. The number of fused-ring (bicyclic) bond motifs is 1. The molecule has 3 aromatic carbocycles. The fraction of sp³-hybridized carbons (Fsp3) is 0.167. The van der Waals surface area contributed by atoms with Crippen LogP contribution < -0.4 is 24.4 Å². The maximum atomic E-state index is 14.3. The number of thiazole rings is 1. The molecular formula is C36H32N4O5S. The van der Waals surface area contributed by atoms with Crippen molar-refractivity contribution in [1.29, 1.82) is 0 Å². The van der Waals surface area contributed by atoms with Crippen LogP contribution in [0.3, 0.4) is 0 Å². The highest BCUT2D eigenvalue weighted by Gasteiger charge is 2.33. The summed E-state index contributed by atoms with van der Waals surface area (Å²) < 4.78 is 20.2. The van der Waals surface area contributed by atoms with E-state index in [2.05, 4.69) is 6.58 Å². The van der Waals surface area contributed by atoms with E-state index in [0.717, 1.165) is 28.1 Å². The molecule has 9 nitrogen and oxygen atoms in total. The molecule has 2 aromatic heterocycles. The molecule has 1 unspecified atom stereocenters. The van der Waals surface area contributed by atoms with Gasteiger partial charge >= 0.3 is 5.97 Å². The Morgan fingerprint density at radius 2 is 1.74 bits per heavy atom. The number of methoxy groups -OCH3 is 1. The second kappa shape index (κ2) is 13.3. The standard InChI is InChI=1S/C36H32N4O5S/c1-5-20-45-35(42)31-23(3)37-36-40(33(31)25-14-16-28(43-4)17-15-25)34(41)30(46-36)21-26-22-39(27-10-8-7-9-11-27)38-32(26)24-12-18-29(19-13-24)44-6-2/h5,7-19,21-22,33H,1,6,20H2,2-4H3. The maximum Gasteiger partial charge on any atom is 0.338 e. The number of esters is 1. The minimum atomic E-state index is -0.751. The number of carbonyl (C=O) groups excluding carboxylic acids is 1. The van der Waals surface area contributed by atoms with Crippen molar-refractivity contribution in [3.8, 4) is 28.4 Å². The number of carbonyl (C=O) groups is 1. The molecule has 10 heteroatoms. The van der Waals surface area contributed by atoms with Gasteiger partial charge in [-0.1, -0.05) is 54.3 Å². The minimum Gasteiger partial charge on any atom is -0.497 e. The van der Waals surface area contributed by atoms with E-state index in [1.807, 2.05) is 85.9 Å². The number of benzene rings is 3. The number of rotatable bonds is 10. The first kappa shape index (κ1) is 30.5. The predicted molar refractivity (Wildman–Crippen MR) is 178 cm³/mol. The quantitative estimate of drug-likeness (QED) is 0.155. The van der Waals surface area contributed by atoms with E-state index in [0.29, 0.717) is 33.1 Å². The second-order valence-electron chi connectivity index (χ2n) is 10.4. The molecule has 0 radical (unpaired) electrons. The van der Waals surface area contributed by atoms with Gasteiger partial charge in [0.2, 0.25) is 0 Å². The molecule has 0 aliphatic carbocycles. The monoisotopic (exact) mass is 632 g/mol.